The summed E-state index contributed by atoms with van der Waals surface area (Å²) >= 11 is 33.7. The van der Waals surface area contributed by atoms with Crippen LogP contribution in [0.25, 0.3) is 4.85 Å². The zero-order valence-corrected chi connectivity index (χ0v) is 51.1. The van der Waals surface area contributed by atoms with Gasteiger partial charge in [0.05, 0.1) is 58.8 Å². The molecule has 0 bridgehead atoms. The second-order valence-corrected chi connectivity index (χ2v) is 19.1. The number of hydrogen-bond acceptors (Lipinski definition) is 16. The number of aliphatic hydroxyl groups is 1. The summed E-state index contributed by atoms with van der Waals surface area (Å²) in [5.41, 5.74) is 6.63. The van der Waals surface area contributed by atoms with Crippen molar-refractivity contribution in [2.24, 2.45) is 0 Å². The third-order valence-corrected chi connectivity index (χ3v) is 12.5. The molecule has 6 aromatic heterocycles. The van der Waals surface area contributed by atoms with Crippen LogP contribution in [-0.4, -0.2) is 114 Å². The Balaban J connectivity index is 0. The van der Waals surface area contributed by atoms with Crippen LogP contribution in [0.3, 0.4) is 0 Å². The molecule has 84 heavy (non-hydrogen) atoms. The molecule has 0 spiro atoms. The Morgan fingerprint density at radius 3 is 1.23 bits per heavy atom. The number of halogens is 6. The van der Waals surface area contributed by atoms with E-state index >= 15 is 0 Å². The molecule has 0 atom stereocenters. The second-order valence-electron chi connectivity index (χ2n) is 16.7. The van der Waals surface area contributed by atoms with Gasteiger partial charge in [0.25, 0.3) is 11.5 Å². The van der Waals surface area contributed by atoms with Crippen LogP contribution in [0.2, 0.25) is 30.4 Å². The first-order valence-corrected chi connectivity index (χ1v) is 27.9. The normalized spacial score (nSPS) is 11.3. The van der Waals surface area contributed by atoms with E-state index in [2.05, 4.69) is 53.8 Å². The molecule has 448 valence electrons. The average Bonchev–Trinajstić information content (AvgIpc) is 4.62. The van der Waals surface area contributed by atoms with Crippen LogP contribution in [0, 0.1) is 6.57 Å². The number of aryl methyl sites for hydroxylation is 3. The number of rotatable bonds is 15. The molecule has 0 aromatic carbocycles. The summed E-state index contributed by atoms with van der Waals surface area (Å²) in [5, 5.41) is 18.8. The minimum absolute atomic E-state index is 0. The number of hydrogen-bond donors (Lipinski definition) is 2. The molecule has 0 amide bonds. The van der Waals surface area contributed by atoms with Crippen LogP contribution in [0.4, 0.5) is 5.82 Å². The number of carboxylic acid groups (broad SMARTS) is 1. The fraction of sp³-hybridized carbons (Fsp3) is 0.379. The quantitative estimate of drug-likeness (QED) is 0.0319. The Morgan fingerprint density at radius 1 is 0.500 bits per heavy atom. The second kappa shape index (κ2) is 41.6. The maximum absolute atomic E-state index is 11.8. The van der Waals surface area contributed by atoms with E-state index < -0.39 is 23.9 Å². The van der Waals surface area contributed by atoms with Crippen LogP contribution < -0.4 is 18.9 Å². The number of carbonyl (C=O) groups is 5. The molecule has 0 saturated heterocycles. The predicted molar refractivity (Wildman–Crippen MR) is 328 cm³/mol. The van der Waals surface area contributed by atoms with Crippen LogP contribution in [0.5, 0.6) is 0 Å². The third-order valence-electron chi connectivity index (χ3n) is 10.9. The Hall–Kier alpha value is -5.43. The first-order chi connectivity index (χ1) is 38.7. The molecule has 0 aliphatic heterocycles. The zero-order valence-electron chi connectivity index (χ0n) is 47.5. The monoisotopic (exact) mass is 1280 g/mol. The largest absolute Gasteiger partial charge is 1.00 e. The molecule has 0 radical (unpaired) electrons. The minimum atomic E-state index is -1.18. The van der Waals surface area contributed by atoms with Crippen molar-refractivity contribution in [3.63, 3.8) is 0 Å². The van der Waals surface area contributed by atoms with Crippen LogP contribution in [0.1, 0.15) is 181 Å². The first-order valence-electron chi connectivity index (χ1n) is 25.6. The number of aromatic carboxylic acids is 1. The Bertz CT molecular complexity index is 3160. The molecule has 2 N–H and O–H groups in total. The van der Waals surface area contributed by atoms with Gasteiger partial charge in [-0.3, -0.25) is 4.98 Å². The van der Waals surface area contributed by atoms with Gasteiger partial charge >= 0.3 is 48.7 Å². The van der Waals surface area contributed by atoms with E-state index in [9.17, 15) is 24.0 Å². The van der Waals surface area contributed by atoms with Gasteiger partial charge in [-0.1, -0.05) is 117 Å². The molecular formula is C58H69AlCl6LiN7O11. The van der Waals surface area contributed by atoms with Crippen molar-refractivity contribution in [1.29, 1.82) is 0 Å². The minimum Gasteiger partial charge on any atom is -1.00 e. The topological polar surface area (TPSA) is 244 Å². The molecule has 6 aromatic rings. The van der Waals surface area contributed by atoms with E-state index in [-0.39, 0.29) is 125 Å². The van der Waals surface area contributed by atoms with Crippen LogP contribution in [0.15, 0.2) is 72.8 Å². The molecule has 8 rings (SSSR count). The van der Waals surface area contributed by atoms with Crippen molar-refractivity contribution in [2.75, 3.05) is 26.4 Å². The predicted octanol–water partition coefficient (Wildman–Crippen LogP) is 10.9. The van der Waals surface area contributed by atoms with Gasteiger partial charge in [-0.2, -0.15) is 0 Å². The van der Waals surface area contributed by atoms with Crippen molar-refractivity contribution in [3.05, 3.63) is 177 Å². The van der Waals surface area contributed by atoms with Gasteiger partial charge in [-0.15, -0.1) is 4.98 Å². The molecule has 0 unspecified atom stereocenters. The number of aliphatic hydroxyl groups excluding tert-OH is 1. The summed E-state index contributed by atoms with van der Waals surface area (Å²) in [6.07, 6.45) is 7.41. The summed E-state index contributed by atoms with van der Waals surface area (Å²) in [5.74, 6) is -1.76. The van der Waals surface area contributed by atoms with E-state index in [1.165, 1.54) is 67.6 Å². The van der Waals surface area contributed by atoms with Crippen molar-refractivity contribution in [2.45, 2.75) is 119 Å². The van der Waals surface area contributed by atoms with E-state index in [1.807, 2.05) is 32.9 Å². The number of carbonyl (C=O) groups excluding carboxylic acids is 4. The zero-order chi connectivity index (χ0) is 60.2. The van der Waals surface area contributed by atoms with Gasteiger partial charge in [0.15, 0.2) is 40.1 Å². The SMILES string of the molecule is C.CCOC(=O)c1nc(CC)ccc1C1CC1.CCOC(=O)c1nc(CC)ccc1Cl.CCOC(=O)c1nc(Cl)ccc1Cl.CCc1ccc(C2CC2)c(CO)n1.O=C(O)c1nc(Cl)ccc1Cl.[AlH3].[C-]#[N+]c1ccc(Cl)c(C(=O)OCC)n1.[H-].[Li+]. The smallest absolute Gasteiger partial charge is 1.00 e. The average molecular weight is 1290 g/mol. The Morgan fingerprint density at radius 2 is 0.833 bits per heavy atom. The number of carboxylic acids is 1. The molecular weight excluding hydrogens is 1220 g/mol. The van der Waals surface area contributed by atoms with Crippen molar-refractivity contribution >= 4 is 123 Å². The molecule has 18 nitrogen and oxygen atoms in total. The maximum atomic E-state index is 11.8. The first kappa shape index (κ1) is 78.6. The van der Waals surface area contributed by atoms with Gasteiger partial charge < -0.3 is 35.4 Å². The summed E-state index contributed by atoms with van der Waals surface area (Å²) in [6.45, 7) is 21.1. The van der Waals surface area contributed by atoms with E-state index in [0.717, 1.165) is 47.6 Å². The van der Waals surface area contributed by atoms with E-state index in [4.69, 9.17) is 105 Å². The third kappa shape index (κ3) is 26.5. The standard InChI is InChI=1S/C13H17NO2.C11H15NO.C10H12ClNO2.C9H7ClN2O2.C8H7Cl2NO2.C6H3Cl2NO2.CH4.Al.Li.4H/c1-3-10-7-8-11(9-5-6-9)12(14-10)13(15)16-4-2;1-2-9-5-6-10(8-3-4-8)11(7-13)12-9;1-3-7-5-6-8(11)9(12-7)10(13)14-4-2;1-3-14-9(13)8-6(10)4-5-7(11-2)12-8;1-2-13-8(12)7-5(9)3-4-6(10)11-7;7-3-1-2-4(8)9-5(3)6(10)11;;;;;;;/h7-9H,3-6H2,1-2H3;5-6,8,13H,2-4,7H2,1H3;5-6H,3-4H2,1-2H3;4-5H,3H2,1H3;3-4H,2H2,1H3;1-2H,(H,10,11);1H4;;;;;;/q;;;;;;;;+1;;;;-1. The number of pyridine rings is 6. The van der Waals surface area contributed by atoms with Gasteiger partial charge in [0, 0.05) is 17.1 Å². The maximum Gasteiger partial charge on any atom is 1.00 e. The summed E-state index contributed by atoms with van der Waals surface area (Å²) in [4.78, 5) is 83.0. The fourth-order valence-corrected chi connectivity index (χ4v) is 7.66. The Kier molecular flexibility index (Phi) is 38.9. The van der Waals surface area contributed by atoms with Gasteiger partial charge in [-0.25, -0.2) is 43.9 Å². The van der Waals surface area contributed by atoms with Crippen LogP contribution in [-0.2, 0) is 44.8 Å². The summed E-state index contributed by atoms with van der Waals surface area (Å²) in [6, 6.07) is 20.4. The number of ether oxygens (including phenoxy) is 4. The van der Waals surface area contributed by atoms with Gasteiger partial charge in [0.1, 0.15) is 10.3 Å². The summed E-state index contributed by atoms with van der Waals surface area (Å²) < 4.78 is 19.3. The molecule has 2 aliphatic rings. The molecule has 2 saturated carbocycles. The number of nitrogens with zero attached hydrogens (tertiary/aromatic N) is 7. The summed E-state index contributed by atoms with van der Waals surface area (Å²) in [7, 11) is 0. The fourth-order valence-electron chi connectivity index (χ4n) is 6.63. The van der Waals surface area contributed by atoms with Crippen molar-refractivity contribution in [3.8, 4) is 0 Å². The van der Waals surface area contributed by atoms with E-state index in [1.54, 1.807) is 32.9 Å². The molecule has 2 aliphatic carbocycles. The number of esters is 4. The van der Waals surface area contributed by atoms with Crippen molar-refractivity contribution < 1.29 is 73.4 Å². The van der Waals surface area contributed by atoms with E-state index in [0.29, 0.717) is 35.8 Å². The molecule has 26 heteroatoms. The van der Waals surface area contributed by atoms with Crippen molar-refractivity contribution in [1.82, 2.24) is 29.9 Å². The van der Waals surface area contributed by atoms with Crippen LogP contribution >= 0.6 is 69.6 Å². The van der Waals surface area contributed by atoms with Gasteiger partial charge in [-0.05, 0) is 156 Å². The molecule has 6 heterocycles. The Labute approximate surface area is 544 Å². The number of aromatic nitrogens is 6. The van der Waals surface area contributed by atoms with Gasteiger partial charge in [0.2, 0.25) is 0 Å². The molecule has 2 fully saturated rings.